The number of piperazine rings is 3. The maximum atomic E-state index is 12.0. The number of carbonyl (C=O) groups is 4. The highest BCUT2D eigenvalue weighted by Crippen LogP contribution is 2.34. The number of ether oxygens (including phenoxy) is 3. The molecular formula is C83H92N16O8. The first kappa shape index (κ1) is 75.9. The Morgan fingerprint density at radius 1 is 0.355 bits per heavy atom. The fraction of sp³-hybridized carbons (Fsp3) is 0.313. The van der Waals surface area contributed by atoms with Gasteiger partial charge in [0.25, 0.3) is 0 Å². The van der Waals surface area contributed by atoms with E-state index >= 15 is 0 Å². The van der Waals surface area contributed by atoms with Crippen LogP contribution in [0.5, 0.6) is 0 Å². The van der Waals surface area contributed by atoms with Gasteiger partial charge in [0, 0.05) is 134 Å². The Labute approximate surface area is 624 Å². The highest BCUT2D eigenvalue weighted by atomic mass is 16.6. The lowest BCUT2D eigenvalue weighted by molar-refractivity contribution is 0.00616. The molecule has 0 bridgehead atoms. The minimum absolute atomic E-state index is 0.209. The Balaban J connectivity index is 0.000000141. The minimum atomic E-state index is -0.971. The van der Waals surface area contributed by atoms with Crippen LogP contribution in [0.2, 0.25) is 0 Å². The monoisotopic (exact) mass is 1440 g/mol. The molecule has 24 nitrogen and oxygen atoms in total. The van der Waals surface area contributed by atoms with E-state index in [-0.39, 0.29) is 23.6 Å². The zero-order chi connectivity index (χ0) is 75.1. The standard InChI is InChI=1S/C25H23N5O2.C24H21N5O2.C14H21N3O2.C10H14N2.C10H13NO2/c1-32-25(31)19-10-11-20-21(17-19)28-24(23(27-20)18-7-3-2-4-8-18)30-15-13-29(14-16-30)22-9-5-6-12-26-22;30-24(31)18-9-10-19-20(16-18)27-23(22(26-19)17-6-2-1-3-7-17)29-14-12-28(13-15-29)21-8-4-5-11-25-21;1-14(2,3)19-13(18)17-10-8-16(9-11-17)12-6-4-5-7-15-12;1-4-8-12(9-5-1)10-6-2-3-7-11-10;1-10(2,3)13-9(12)8-6-4-5-7-11-8/h2-12,17H,13-16H2,1H3;1-11,16H,12-15H2,(H,30,31);4-7H,8-11H2,1-3H3;2-3,6-7H,1,4-5,8-9H2;4-7H,1-3H3. The number of methoxy groups -OCH3 is 1. The average Bonchev–Trinajstić information content (AvgIpc) is 0.779. The predicted octanol–water partition coefficient (Wildman–Crippen LogP) is 13.8. The molecule has 107 heavy (non-hydrogen) atoms. The highest BCUT2D eigenvalue weighted by Gasteiger charge is 2.29. The van der Waals surface area contributed by atoms with Crippen molar-refractivity contribution in [3.63, 3.8) is 0 Å². The van der Waals surface area contributed by atoms with Gasteiger partial charge in [-0.25, -0.2) is 64.0 Å². The quantitative estimate of drug-likeness (QED) is 0.0932. The summed E-state index contributed by atoms with van der Waals surface area (Å²) in [5, 5.41) is 9.36. The summed E-state index contributed by atoms with van der Waals surface area (Å²) < 4.78 is 15.4. The van der Waals surface area contributed by atoms with Crippen LogP contribution in [0, 0.1) is 0 Å². The zero-order valence-electron chi connectivity index (χ0n) is 61.8. The number of anilines is 6. The van der Waals surface area contributed by atoms with Gasteiger partial charge in [0.15, 0.2) is 11.6 Å². The number of nitrogens with zero attached hydrogens (tertiary/aromatic N) is 16. The van der Waals surface area contributed by atoms with Crippen molar-refractivity contribution in [3.05, 3.63) is 236 Å². The number of pyridine rings is 5. The van der Waals surface area contributed by atoms with Gasteiger partial charge in [-0.2, -0.15) is 0 Å². The average molecular weight is 1440 g/mol. The first-order valence-corrected chi connectivity index (χ1v) is 36.2. The molecule has 1 N–H and O–H groups in total. The second-order valence-corrected chi connectivity index (χ2v) is 27.6. The van der Waals surface area contributed by atoms with E-state index < -0.39 is 17.2 Å². The molecule has 7 aromatic heterocycles. The summed E-state index contributed by atoms with van der Waals surface area (Å²) in [6.45, 7) is 22.9. The van der Waals surface area contributed by atoms with Crippen LogP contribution in [0.4, 0.5) is 39.7 Å². The molecular weight excluding hydrogens is 1350 g/mol. The van der Waals surface area contributed by atoms with Crippen LogP contribution in [0.25, 0.3) is 44.6 Å². The maximum absolute atomic E-state index is 12.0. The molecule has 4 fully saturated rings. The Morgan fingerprint density at radius 3 is 1.09 bits per heavy atom. The number of carboxylic acids is 1. The van der Waals surface area contributed by atoms with Crippen molar-refractivity contribution >= 4 is 81.0 Å². The van der Waals surface area contributed by atoms with E-state index in [0.29, 0.717) is 40.9 Å². The second-order valence-electron chi connectivity index (χ2n) is 27.6. The molecule has 0 atom stereocenters. The molecule has 4 saturated heterocycles. The third kappa shape index (κ3) is 21.5. The van der Waals surface area contributed by atoms with Crippen LogP contribution in [0.1, 0.15) is 92.0 Å². The van der Waals surface area contributed by atoms with Crippen LogP contribution in [-0.4, -0.2) is 189 Å². The molecule has 0 saturated carbocycles. The molecule has 15 rings (SSSR count). The first-order valence-electron chi connectivity index (χ1n) is 36.2. The molecule has 4 aliphatic heterocycles. The Morgan fingerprint density at radius 2 is 0.720 bits per heavy atom. The van der Waals surface area contributed by atoms with Gasteiger partial charge >= 0.3 is 24.0 Å². The molecule has 4 aromatic carbocycles. The summed E-state index contributed by atoms with van der Waals surface area (Å²) in [7, 11) is 1.38. The van der Waals surface area contributed by atoms with E-state index in [0.717, 1.165) is 128 Å². The molecule has 11 heterocycles. The Kier molecular flexibility index (Phi) is 25.9. The van der Waals surface area contributed by atoms with Crippen molar-refractivity contribution in [1.29, 1.82) is 0 Å². The van der Waals surface area contributed by atoms with Crippen molar-refractivity contribution < 1.29 is 38.5 Å². The van der Waals surface area contributed by atoms with Crippen LogP contribution in [0.15, 0.2) is 219 Å². The molecule has 1 amide bonds. The Hall–Kier alpha value is -12.2. The van der Waals surface area contributed by atoms with Gasteiger partial charge < -0.3 is 53.6 Å². The molecule has 4 aliphatic rings. The number of amides is 1. The van der Waals surface area contributed by atoms with Gasteiger partial charge in [0.2, 0.25) is 0 Å². The van der Waals surface area contributed by atoms with Crippen molar-refractivity contribution in [2.75, 3.05) is 128 Å². The smallest absolute Gasteiger partial charge is 0.410 e. The van der Waals surface area contributed by atoms with E-state index in [2.05, 4.69) is 66.5 Å². The lowest BCUT2D eigenvalue weighted by atomic mass is 10.1. The molecule has 0 unspecified atom stereocenters. The largest absolute Gasteiger partial charge is 0.478 e. The summed E-state index contributed by atoms with van der Waals surface area (Å²) >= 11 is 0. The first-order chi connectivity index (χ1) is 51.8. The number of hydrogen-bond acceptors (Lipinski definition) is 22. The molecule has 552 valence electrons. The summed E-state index contributed by atoms with van der Waals surface area (Å²) in [4.78, 5) is 103. The lowest BCUT2D eigenvalue weighted by Gasteiger charge is -2.36. The molecule has 0 aliphatic carbocycles. The molecule has 0 radical (unpaired) electrons. The number of benzene rings is 4. The number of esters is 2. The summed E-state index contributed by atoms with van der Waals surface area (Å²) in [5.41, 5.74) is 6.46. The second kappa shape index (κ2) is 36.5. The molecule has 11 aromatic rings. The van der Waals surface area contributed by atoms with Crippen molar-refractivity contribution in [3.8, 4) is 22.5 Å². The number of piperidine rings is 1. The number of rotatable bonds is 11. The van der Waals surface area contributed by atoms with Gasteiger partial charge in [-0.1, -0.05) is 91.0 Å². The van der Waals surface area contributed by atoms with Crippen LogP contribution < -0.4 is 29.4 Å². The number of fused-ring (bicyclic) bond motifs is 2. The number of carbonyl (C=O) groups excluding carboxylic acids is 3. The SMILES string of the molecule is CC(C)(C)OC(=O)N1CCN(c2ccccn2)CC1.CC(C)(C)OC(=O)c1ccccn1.COC(=O)c1ccc2nc(-c3ccccc3)c(N3CCN(c4ccccn4)CC3)nc2c1.O=C(O)c1ccc2nc(-c3ccccc3)c(N3CCN(c4ccccn4)CC3)nc2c1.c1ccc(N2CCCCC2)nc1. The van der Waals surface area contributed by atoms with Gasteiger partial charge in [-0.3, -0.25) is 0 Å². The third-order valence-corrected chi connectivity index (χ3v) is 17.7. The van der Waals surface area contributed by atoms with E-state index in [9.17, 15) is 24.3 Å². The van der Waals surface area contributed by atoms with Crippen LogP contribution in [0.3, 0.4) is 0 Å². The summed E-state index contributed by atoms with van der Waals surface area (Å²) in [5.74, 6) is 3.93. The summed E-state index contributed by atoms with van der Waals surface area (Å²) in [6, 6.07) is 59.3. The van der Waals surface area contributed by atoms with Crippen molar-refractivity contribution in [2.45, 2.75) is 72.0 Å². The van der Waals surface area contributed by atoms with Gasteiger partial charge in [-0.15, -0.1) is 0 Å². The summed E-state index contributed by atoms with van der Waals surface area (Å²) in [6.07, 6.45) is 12.6. The number of aromatic nitrogens is 9. The molecule has 0 spiro atoms. The van der Waals surface area contributed by atoms with Crippen molar-refractivity contribution in [1.82, 2.24) is 49.8 Å². The number of carboxylic acid groups (broad SMARTS) is 1. The van der Waals surface area contributed by atoms with Crippen molar-refractivity contribution in [2.24, 2.45) is 0 Å². The van der Waals surface area contributed by atoms with Gasteiger partial charge in [0.1, 0.15) is 51.6 Å². The third-order valence-electron chi connectivity index (χ3n) is 17.7. The maximum Gasteiger partial charge on any atom is 0.410 e. The Bertz CT molecular complexity index is 4660. The van der Waals surface area contributed by atoms with E-state index in [4.69, 9.17) is 34.1 Å². The number of hydrogen-bond donors (Lipinski definition) is 1. The van der Waals surface area contributed by atoms with Gasteiger partial charge in [-0.05, 0) is 158 Å². The minimum Gasteiger partial charge on any atom is -0.478 e. The van der Waals surface area contributed by atoms with E-state index in [1.165, 1.54) is 39.5 Å². The fourth-order valence-electron chi connectivity index (χ4n) is 12.3. The zero-order valence-corrected chi connectivity index (χ0v) is 61.8. The van der Waals surface area contributed by atoms with Crippen LogP contribution in [-0.2, 0) is 14.2 Å². The number of aromatic carboxylic acids is 1. The van der Waals surface area contributed by atoms with Crippen LogP contribution >= 0.6 is 0 Å². The molecule has 24 heteroatoms. The fourth-order valence-corrected chi connectivity index (χ4v) is 12.3. The normalized spacial score (nSPS) is 14.5. The lowest BCUT2D eigenvalue weighted by Crippen LogP contribution is -2.50. The highest BCUT2D eigenvalue weighted by molar-refractivity contribution is 5.95. The van der Waals surface area contributed by atoms with E-state index in [1.807, 2.05) is 188 Å². The predicted molar refractivity (Wildman–Crippen MR) is 420 cm³/mol. The van der Waals surface area contributed by atoms with Gasteiger partial charge in [0.05, 0.1) is 40.3 Å². The van der Waals surface area contributed by atoms with E-state index in [1.54, 1.807) is 65.8 Å². The topological polar surface area (TPSA) is 255 Å².